The number of imidazole rings is 1. The van der Waals surface area contributed by atoms with Crippen molar-refractivity contribution in [1.82, 2.24) is 23.6 Å². The molecule has 0 radical (unpaired) electrons. The Balaban J connectivity index is 1.78. The Morgan fingerprint density at radius 1 is 1.16 bits per heavy atom. The third-order valence-corrected chi connectivity index (χ3v) is 6.25. The topological polar surface area (TPSA) is 108 Å². The van der Waals surface area contributed by atoms with Gasteiger partial charge in [-0.15, -0.1) is 0 Å². The monoisotopic (exact) mass is 444 g/mol. The summed E-state index contributed by atoms with van der Waals surface area (Å²) in [7, 11) is 3.08. The van der Waals surface area contributed by atoms with Crippen molar-refractivity contribution in [2.45, 2.75) is 25.9 Å². The van der Waals surface area contributed by atoms with E-state index in [1.807, 2.05) is 22.8 Å². The summed E-state index contributed by atoms with van der Waals surface area (Å²) in [6, 6.07) is 7.44. The van der Waals surface area contributed by atoms with Gasteiger partial charge in [0.2, 0.25) is 5.91 Å². The molecule has 164 valence electrons. The number of nitrogens with two attached hydrogens (primary N) is 1. The number of benzene rings is 1. The zero-order chi connectivity index (χ0) is 22.3. The van der Waals surface area contributed by atoms with Gasteiger partial charge in [-0.25, -0.2) is 9.78 Å². The lowest BCUT2D eigenvalue weighted by atomic mass is 9.96. The van der Waals surface area contributed by atoms with Crippen molar-refractivity contribution in [3.8, 4) is 0 Å². The van der Waals surface area contributed by atoms with E-state index in [1.54, 1.807) is 13.1 Å². The molecular weight excluding hydrogens is 420 g/mol. The Kier molecular flexibility index (Phi) is 5.72. The van der Waals surface area contributed by atoms with Gasteiger partial charge in [-0.2, -0.15) is 0 Å². The normalized spacial score (nSPS) is 15.6. The van der Waals surface area contributed by atoms with Crippen LogP contribution >= 0.6 is 11.6 Å². The molecule has 3 heterocycles. The van der Waals surface area contributed by atoms with E-state index >= 15 is 0 Å². The molecule has 0 unspecified atom stereocenters. The van der Waals surface area contributed by atoms with Gasteiger partial charge in [0.05, 0.1) is 6.54 Å². The molecule has 1 fully saturated rings. The minimum absolute atomic E-state index is 0.102. The number of nitrogens with zero attached hydrogens (tertiary/aromatic N) is 5. The van der Waals surface area contributed by atoms with Crippen LogP contribution in [0.1, 0.15) is 24.2 Å². The lowest BCUT2D eigenvalue weighted by Crippen LogP contribution is -2.38. The second-order valence-corrected chi connectivity index (χ2v) is 8.51. The van der Waals surface area contributed by atoms with E-state index in [1.165, 1.54) is 11.6 Å². The first-order chi connectivity index (χ1) is 14.8. The molecule has 0 atom stereocenters. The number of aryl methyl sites for hydroxylation is 1. The van der Waals surface area contributed by atoms with Crippen LogP contribution in [0.5, 0.6) is 0 Å². The highest BCUT2D eigenvalue weighted by atomic mass is 35.5. The molecule has 2 N–H and O–H groups in total. The molecular formula is C21H25ClN6O3. The van der Waals surface area contributed by atoms with E-state index < -0.39 is 5.69 Å². The van der Waals surface area contributed by atoms with Crippen LogP contribution in [0.15, 0.2) is 33.9 Å². The van der Waals surface area contributed by atoms with Gasteiger partial charge in [0, 0.05) is 31.6 Å². The fraction of sp³-hybridized carbons (Fsp3) is 0.429. The van der Waals surface area contributed by atoms with Crippen LogP contribution in [0.3, 0.4) is 0 Å². The zero-order valence-corrected chi connectivity index (χ0v) is 18.3. The standard InChI is InChI=1S/C21H25ClN6O3/c1-25-19-17(20(30)26(2)21(25)31)28(11-13-4-3-5-15(22)10-13)16(24-19)12-27-8-6-14(7-9-27)18(23)29/h3-5,10,14H,6-9,11-12H2,1-2H3,(H2,23,29). The van der Waals surface area contributed by atoms with Crippen molar-refractivity contribution in [2.75, 3.05) is 13.1 Å². The molecule has 1 aromatic carbocycles. The average molecular weight is 445 g/mol. The van der Waals surface area contributed by atoms with Crippen LogP contribution in [0.2, 0.25) is 5.02 Å². The molecule has 3 aromatic rings. The second kappa shape index (κ2) is 8.32. The predicted molar refractivity (Wildman–Crippen MR) is 118 cm³/mol. The summed E-state index contributed by atoms with van der Waals surface area (Å²) < 4.78 is 4.36. The van der Waals surface area contributed by atoms with Crippen molar-refractivity contribution in [1.29, 1.82) is 0 Å². The smallest absolute Gasteiger partial charge is 0.332 e. The quantitative estimate of drug-likeness (QED) is 0.627. The van der Waals surface area contributed by atoms with E-state index in [0.29, 0.717) is 61.0 Å². The highest BCUT2D eigenvalue weighted by molar-refractivity contribution is 6.30. The first-order valence-corrected chi connectivity index (χ1v) is 10.5. The first-order valence-electron chi connectivity index (χ1n) is 10.2. The summed E-state index contributed by atoms with van der Waals surface area (Å²) in [6.45, 7) is 2.32. The molecule has 0 aliphatic carbocycles. The van der Waals surface area contributed by atoms with Crippen LogP contribution in [0.25, 0.3) is 11.2 Å². The number of aromatic nitrogens is 4. The summed E-state index contributed by atoms with van der Waals surface area (Å²) in [5, 5.41) is 0.609. The van der Waals surface area contributed by atoms with E-state index in [0.717, 1.165) is 10.1 Å². The minimum Gasteiger partial charge on any atom is -0.369 e. The molecule has 1 amide bonds. The molecule has 9 nitrogen and oxygen atoms in total. The van der Waals surface area contributed by atoms with Gasteiger partial charge < -0.3 is 10.3 Å². The fourth-order valence-electron chi connectivity index (χ4n) is 4.18. The Bertz CT molecular complexity index is 1270. The number of piperidine rings is 1. The van der Waals surface area contributed by atoms with Gasteiger partial charge in [0.15, 0.2) is 11.2 Å². The Hall–Kier alpha value is -2.91. The van der Waals surface area contributed by atoms with Gasteiger partial charge in [0.1, 0.15) is 5.82 Å². The van der Waals surface area contributed by atoms with Crippen molar-refractivity contribution < 1.29 is 4.79 Å². The Morgan fingerprint density at radius 3 is 2.52 bits per heavy atom. The van der Waals surface area contributed by atoms with E-state index in [9.17, 15) is 14.4 Å². The summed E-state index contributed by atoms with van der Waals surface area (Å²) in [5.74, 6) is 0.326. The number of likely N-dealkylation sites (tertiary alicyclic amines) is 1. The van der Waals surface area contributed by atoms with Crippen molar-refractivity contribution in [2.24, 2.45) is 25.7 Å². The Labute approximate surface area is 183 Å². The molecule has 1 aliphatic heterocycles. The lowest BCUT2D eigenvalue weighted by molar-refractivity contribution is -0.123. The lowest BCUT2D eigenvalue weighted by Gasteiger charge is -2.30. The maximum Gasteiger partial charge on any atom is 0.332 e. The number of carbonyl (C=O) groups is 1. The van der Waals surface area contributed by atoms with E-state index in [4.69, 9.17) is 17.3 Å². The van der Waals surface area contributed by atoms with Crippen molar-refractivity contribution in [3.63, 3.8) is 0 Å². The van der Waals surface area contributed by atoms with Crippen LogP contribution in [0.4, 0.5) is 0 Å². The van der Waals surface area contributed by atoms with Crippen LogP contribution in [-0.4, -0.2) is 42.6 Å². The number of primary amides is 1. The Morgan fingerprint density at radius 2 is 1.87 bits per heavy atom. The third kappa shape index (κ3) is 4.03. The van der Waals surface area contributed by atoms with Gasteiger partial charge in [-0.1, -0.05) is 23.7 Å². The van der Waals surface area contributed by atoms with Gasteiger partial charge in [0.25, 0.3) is 5.56 Å². The number of hydrogen-bond donors (Lipinski definition) is 1. The molecule has 0 spiro atoms. The number of fused-ring (bicyclic) bond motifs is 1. The molecule has 0 bridgehead atoms. The third-order valence-electron chi connectivity index (χ3n) is 6.01. The number of carbonyl (C=O) groups excluding carboxylic acids is 1. The maximum absolute atomic E-state index is 13.0. The highest BCUT2D eigenvalue weighted by Gasteiger charge is 2.26. The minimum atomic E-state index is -0.418. The number of hydrogen-bond acceptors (Lipinski definition) is 5. The maximum atomic E-state index is 13.0. The van der Waals surface area contributed by atoms with Crippen LogP contribution in [-0.2, 0) is 32.0 Å². The first kappa shape index (κ1) is 21.3. The summed E-state index contributed by atoms with van der Waals surface area (Å²) in [4.78, 5) is 43.8. The fourth-order valence-corrected chi connectivity index (χ4v) is 4.39. The highest BCUT2D eigenvalue weighted by Crippen LogP contribution is 2.21. The summed E-state index contributed by atoms with van der Waals surface area (Å²) >= 11 is 6.16. The SMILES string of the molecule is Cn1c(=O)c2c(nc(CN3CCC(C(N)=O)CC3)n2Cc2cccc(Cl)c2)n(C)c1=O. The van der Waals surface area contributed by atoms with Crippen LogP contribution < -0.4 is 17.0 Å². The van der Waals surface area contributed by atoms with Crippen molar-refractivity contribution in [3.05, 3.63) is 61.5 Å². The largest absolute Gasteiger partial charge is 0.369 e. The number of amides is 1. The zero-order valence-electron chi connectivity index (χ0n) is 17.5. The van der Waals surface area contributed by atoms with Gasteiger partial charge in [-0.3, -0.25) is 23.6 Å². The molecule has 1 saturated heterocycles. The number of halogens is 1. The molecule has 0 saturated carbocycles. The van der Waals surface area contributed by atoms with Crippen molar-refractivity contribution >= 4 is 28.7 Å². The molecule has 2 aromatic heterocycles. The molecule has 1 aliphatic rings. The summed E-state index contributed by atoms with van der Waals surface area (Å²) in [6.07, 6.45) is 1.40. The molecule has 4 rings (SSSR count). The number of rotatable bonds is 5. The van der Waals surface area contributed by atoms with E-state index in [2.05, 4.69) is 9.88 Å². The molecule has 10 heteroatoms. The van der Waals surface area contributed by atoms with Gasteiger partial charge >= 0.3 is 5.69 Å². The average Bonchev–Trinajstić information content (AvgIpc) is 3.09. The van der Waals surface area contributed by atoms with Gasteiger partial charge in [-0.05, 0) is 43.6 Å². The molecule has 31 heavy (non-hydrogen) atoms. The second-order valence-electron chi connectivity index (χ2n) is 8.07. The van der Waals surface area contributed by atoms with Crippen LogP contribution in [0, 0.1) is 5.92 Å². The van der Waals surface area contributed by atoms with E-state index in [-0.39, 0.29) is 17.4 Å². The predicted octanol–water partition coefficient (Wildman–Crippen LogP) is 0.833. The summed E-state index contributed by atoms with van der Waals surface area (Å²) in [5.41, 5.74) is 6.31.